The summed E-state index contributed by atoms with van der Waals surface area (Å²) in [5.74, 6) is -0.575. The maximum absolute atomic E-state index is 13.0. The summed E-state index contributed by atoms with van der Waals surface area (Å²) in [6.07, 6.45) is 1.87. The molecule has 0 spiro atoms. The van der Waals surface area contributed by atoms with E-state index in [2.05, 4.69) is 15.4 Å². The number of aromatic nitrogens is 2. The summed E-state index contributed by atoms with van der Waals surface area (Å²) in [6, 6.07) is 1.46. The average Bonchev–Trinajstić information content (AvgIpc) is 3.40. The number of aryl methyl sites for hydroxylation is 2. The van der Waals surface area contributed by atoms with Crippen LogP contribution in [0.5, 0.6) is 0 Å². The summed E-state index contributed by atoms with van der Waals surface area (Å²) in [6.45, 7) is 4.28. The predicted octanol–water partition coefficient (Wildman–Crippen LogP) is 3.25. The Labute approximate surface area is 187 Å². The molecular formula is C22H22F3N5O3. The third-order valence-corrected chi connectivity index (χ3v) is 5.73. The smallest absolute Gasteiger partial charge is 0.389 e. The first-order valence-corrected chi connectivity index (χ1v) is 10.3. The number of halogens is 3. The predicted molar refractivity (Wildman–Crippen MR) is 110 cm³/mol. The Morgan fingerprint density at radius 3 is 2.76 bits per heavy atom. The summed E-state index contributed by atoms with van der Waals surface area (Å²) in [5.41, 5.74) is 6.06. The zero-order chi connectivity index (χ0) is 23.8. The normalized spacial score (nSPS) is 16.9. The fraction of sp³-hybridized carbons (Fsp3) is 0.364. The number of rotatable bonds is 6. The number of hydrogen-bond donors (Lipinski definition) is 1. The molecule has 2 aliphatic heterocycles. The van der Waals surface area contributed by atoms with Gasteiger partial charge in [-0.3, -0.25) is 25.0 Å². The van der Waals surface area contributed by atoms with Crippen LogP contribution in [0.1, 0.15) is 46.7 Å². The van der Waals surface area contributed by atoms with Gasteiger partial charge >= 0.3 is 6.18 Å². The molecule has 11 heteroatoms. The summed E-state index contributed by atoms with van der Waals surface area (Å²) < 4.78 is 42.4. The van der Waals surface area contributed by atoms with Gasteiger partial charge in [0.25, 0.3) is 11.8 Å². The monoisotopic (exact) mass is 461 g/mol. The molecule has 1 atom stereocenters. The molecular weight excluding hydrogens is 439 g/mol. The molecule has 1 N–H and O–H groups in total. The van der Waals surface area contributed by atoms with Gasteiger partial charge in [0, 0.05) is 36.6 Å². The van der Waals surface area contributed by atoms with Crippen LogP contribution in [0.15, 0.2) is 52.8 Å². The quantitative estimate of drug-likeness (QED) is 0.710. The Bertz CT molecular complexity index is 1120. The van der Waals surface area contributed by atoms with Crippen molar-refractivity contribution >= 4 is 11.8 Å². The Balaban J connectivity index is 1.40. The van der Waals surface area contributed by atoms with E-state index in [9.17, 15) is 22.8 Å². The fourth-order valence-electron chi connectivity index (χ4n) is 3.87. The molecule has 0 saturated heterocycles. The van der Waals surface area contributed by atoms with Crippen molar-refractivity contribution in [2.24, 2.45) is 0 Å². The average molecular weight is 461 g/mol. The van der Waals surface area contributed by atoms with E-state index in [0.717, 1.165) is 17.5 Å². The minimum atomic E-state index is -4.23. The molecule has 0 bridgehead atoms. The number of oxazole rings is 1. The first-order valence-electron chi connectivity index (χ1n) is 10.3. The number of nitrogens with one attached hydrogen (secondary N) is 1. The number of alkyl halides is 3. The number of amides is 2. The van der Waals surface area contributed by atoms with E-state index < -0.39 is 18.5 Å². The molecule has 2 amide bonds. The molecule has 0 radical (unpaired) electrons. The highest BCUT2D eigenvalue weighted by Gasteiger charge is 2.35. The number of hydrogen-bond acceptors (Lipinski definition) is 6. The van der Waals surface area contributed by atoms with Crippen molar-refractivity contribution in [1.82, 2.24) is 25.3 Å². The van der Waals surface area contributed by atoms with Crippen LogP contribution in [-0.2, 0) is 11.2 Å². The van der Waals surface area contributed by atoms with Gasteiger partial charge in [-0.1, -0.05) is 6.07 Å². The van der Waals surface area contributed by atoms with Crippen molar-refractivity contribution in [3.8, 4) is 0 Å². The largest absolute Gasteiger partial charge is 0.451 e. The van der Waals surface area contributed by atoms with Gasteiger partial charge in [0.15, 0.2) is 12.1 Å². The third-order valence-electron chi connectivity index (χ3n) is 5.73. The lowest BCUT2D eigenvalue weighted by Gasteiger charge is -2.26. The maximum Gasteiger partial charge on any atom is 0.389 e. The Hall–Kier alpha value is -3.63. The van der Waals surface area contributed by atoms with Crippen LogP contribution in [-0.4, -0.2) is 51.0 Å². The molecule has 0 aliphatic carbocycles. The van der Waals surface area contributed by atoms with Crippen LogP contribution in [0, 0.1) is 6.92 Å². The van der Waals surface area contributed by atoms with Gasteiger partial charge in [-0.05, 0) is 43.0 Å². The van der Waals surface area contributed by atoms with E-state index in [1.54, 1.807) is 35.2 Å². The van der Waals surface area contributed by atoms with Crippen LogP contribution in [0.3, 0.4) is 0 Å². The molecule has 0 saturated carbocycles. The lowest BCUT2D eigenvalue weighted by atomic mass is 10.0. The number of nitrogens with zero attached hydrogens (tertiary/aromatic N) is 4. The Kier molecular flexibility index (Phi) is 5.96. The van der Waals surface area contributed by atoms with E-state index in [1.165, 1.54) is 12.5 Å². The lowest BCUT2D eigenvalue weighted by Crippen LogP contribution is -2.41. The topological polar surface area (TPSA) is 91.6 Å². The molecule has 33 heavy (non-hydrogen) atoms. The summed E-state index contributed by atoms with van der Waals surface area (Å²) in [5, 5.41) is 1.57. The fourth-order valence-corrected chi connectivity index (χ4v) is 3.87. The second-order valence-electron chi connectivity index (χ2n) is 8.03. The van der Waals surface area contributed by atoms with Gasteiger partial charge in [-0.25, -0.2) is 4.98 Å². The number of carbonyl (C=O) groups is 2. The van der Waals surface area contributed by atoms with E-state index in [-0.39, 0.29) is 24.1 Å². The van der Waals surface area contributed by atoms with Crippen molar-refractivity contribution < 1.29 is 27.2 Å². The number of hydrazine groups is 1. The molecule has 8 nitrogen and oxygen atoms in total. The highest BCUT2D eigenvalue weighted by molar-refractivity contribution is 6.00. The van der Waals surface area contributed by atoms with Crippen molar-refractivity contribution in [2.45, 2.75) is 38.9 Å². The molecule has 2 aromatic heterocycles. The number of carbonyl (C=O) groups excluding carboxylic acids is 2. The Morgan fingerprint density at radius 1 is 1.30 bits per heavy atom. The Morgan fingerprint density at radius 2 is 2.09 bits per heavy atom. The molecule has 1 unspecified atom stereocenters. The standard InChI is InChI=1S/C22H22F3N5O3/c1-13-7-15(8-26-18(13)3-5-22(23,24)25)14(2)30-10-16-9-29(6-4-17(16)21(30)32)28-20(31)19-11-33-12-27-19/h4,6-8,11-12,14H,3,5,9-10H2,1-2H3,(H,28,31). The van der Waals surface area contributed by atoms with Gasteiger partial charge in [-0.15, -0.1) is 0 Å². The number of pyridine rings is 1. The van der Waals surface area contributed by atoms with E-state index in [4.69, 9.17) is 4.42 Å². The molecule has 2 aromatic rings. The van der Waals surface area contributed by atoms with Crippen LogP contribution in [0.4, 0.5) is 13.2 Å². The summed E-state index contributed by atoms with van der Waals surface area (Å²) >= 11 is 0. The van der Waals surface area contributed by atoms with Crippen molar-refractivity contribution in [3.63, 3.8) is 0 Å². The summed E-state index contributed by atoms with van der Waals surface area (Å²) in [7, 11) is 0. The minimum Gasteiger partial charge on any atom is -0.451 e. The van der Waals surface area contributed by atoms with Gasteiger partial charge in [0.2, 0.25) is 0 Å². The third kappa shape index (κ3) is 4.91. The molecule has 4 rings (SSSR count). The summed E-state index contributed by atoms with van der Waals surface area (Å²) in [4.78, 5) is 34.9. The van der Waals surface area contributed by atoms with Crippen LogP contribution in [0.2, 0.25) is 0 Å². The van der Waals surface area contributed by atoms with E-state index in [1.807, 2.05) is 6.92 Å². The molecule has 174 valence electrons. The van der Waals surface area contributed by atoms with Crippen LogP contribution < -0.4 is 5.43 Å². The molecule has 0 aromatic carbocycles. The van der Waals surface area contributed by atoms with Crippen molar-refractivity contribution in [2.75, 3.05) is 13.1 Å². The lowest BCUT2D eigenvalue weighted by molar-refractivity contribution is -0.134. The van der Waals surface area contributed by atoms with Crippen molar-refractivity contribution in [3.05, 3.63) is 70.9 Å². The highest BCUT2D eigenvalue weighted by atomic mass is 19.4. The second-order valence-corrected chi connectivity index (χ2v) is 8.03. The van der Waals surface area contributed by atoms with Gasteiger partial charge < -0.3 is 9.32 Å². The molecule has 4 heterocycles. The maximum atomic E-state index is 13.0. The molecule has 2 aliphatic rings. The van der Waals surface area contributed by atoms with Crippen LogP contribution in [0.25, 0.3) is 0 Å². The first kappa shape index (κ1) is 22.6. The van der Waals surface area contributed by atoms with Crippen LogP contribution >= 0.6 is 0 Å². The van der Waals surface area contributed by atoms with E-state index >= 15 is 0 Å². The van der Waals surface area contributed by atoms with E-state index in [0.29, 0.717) is 29.9 Å². The van der Waals surface area contributed by atoms with Crippen molar-refractivity contribution in [1.29, 1.82) is 0 Å². The zero-order valence-electron chi connectivity index (χ0n) is 18.0. The van der Waals surface area contributed by atoms with Gasteiger partial charge in [0.1, 0.15) is 6.26 Å². The van der Waals surface area contributed by atoms with Gasteiger partial charge in [-0.2, -0.15) is 13.2 Å². The van der Waals surface area contributed by atoms with Gasteiger partial charge in [0.05, 0.1) is 12.6 Å². The zero-order valence-corrected chi connectivity index (χ0v) is 18.0. The minimum absolute atomic E-state index is 0.141. The second kappa shape index (κ2) is 8.72. The first-order chi connectivity index (χ1) is 15.6. The highest BCUT2D eigenvalue weighted by Crippen LogP contribution is 2.32. The molecule has 0 fully saturated rings. The SMILES string of the molecule is Cc1cc(C(C)N2CC3=C(C=CN(NC(=O)c4cocn4)C3)C2=O)cnc1CCC(F)(F)F.